The highest BCUT2D eigenvalue weighted by atomic mass is 19.1. The normalized spacial score (nSPS) is 16.3. The minimum atomic E-state index is -1.25. The fraction of sp³-hybridized carbons (Fsp3) is 0.294. The van der Waals surface area contributed by atoms with Gasteiger partial charge in [-0.3, -0.25) is 4.79 Å². The average molecular weight is 361 g/mol. The number of halogens is 1. The van der Waals surface area contributed by atoms with Crippen molar-refractivity contribution < 1.29 is 28.6 Å². The molecule has 1 fully saturated rings. The molecule has 1 aliphatic rings. The van der Waals surface area contributed by atoms with Crippen molar-refractivity contribution in [1.29, 1.82) is 0 Å². The predicted octanol–water partition coefficient (Wildman–Crippen LogP) is 2.12. The molecule has 1 amide bonds. The van der Waals surface area contributed by atoms with Crippen LogP contribution in [0, 0.1) is 5.82 Å². The third-order valence-corrected chi connectivity index (χ3v) is 3.74. The molecule has 3 rings (SSSR count). The van der Waals surface area contributed by atoms with Gasteiger partial charge in [-0.05, 0) is 25.0 Å². The molecule has 136 valence electrons. The molecule has 0 aliphatic carbocycles. The summed E-state index contributed by atoms with van der Waals surface area (Å²) in [5.74, 6) is -2.16. The zero-order valence-electron chi connectivity index (χ0n) is 13.6. The number of carbonyl (C=O) groups is 2. The molecule has 0 bridgehead atoms. The van der Waals surface area contributed by atoms with Crippen molar-refractivity contribution in [1.82, 2.24) is 9.97 Å². The lowest BCUT2D eigenvalue weighted by Gasteiger charge is -2.15. The topological polar surface area (TPSA) is 111 Å². The molecular formula is C17H16FN3O5. The standard InChI is InChI=1S/C17H16FN3O5/c18-10-3-4-15(26-9-11-2-1-5-25-11)12(6-10)21-16(22)13-7-20-14(8-19-13)17(23)24/h3-4,6-8,11H,1-2,5,9H2,(H,21,22)(H,23,24). The molecule has 1 atom stereocenters. The van der Waals surface area contributed by atoms with Crippen LogP contribution in [0.4, 0.5) is 10.1 Å². The van der Waals surface area contributed by atoms with Crippen LogP contribution in [0.3, 0.4) is 0 Å². The van der Waals surface area contributed by atoms with Gasteiger partial charge in [0.25, 0.3) is 5.91 Å². The Morgan fingerprint density at radius 3 is 2.73 bits per heavy atom. The highest BCUT2D eigenvalue weighted by molar-refractivity contribution is 6.03. The first-order chi connectivity index (χ1) is 12.5. The first-order valence-electron chi connectivity index (χ1n) is 7.93. The fourth-order valence-corrected chi connectivity index (χ4v) is 2.43. The molecular weight excluding hydrogens is 345 g/mol. The number of carboxylic acids is 1. The molecule has 2 heterocycles. The quantitative estimate of drug-likeness (QED) is 0.811. The minimum Gasteiger partial charge on any atom is -0.489 e. The number of carbonyl (C=O) groups excluding carboxylic acids is 1. The Hall–Kier alpha value is -3.07. The maximum absolute atomic E-state index is 13.6. The Morgan fingerprint density at radius 1 is 1.31 bits per heavy atom. The van der Waals surface area contributed by atoms with Crippen molar-refractivity contribution in [2.24, 2.45) is 0 Å². The van der Waals surface area contributed by atoms with Crippen LogP contribution in [-0.4, -0.2) is 46.3 Å². The van der Waals surface area contributed by atoms with E-state index in [2.05, 4.69) is 15.3 Å². The van der Waals surface area contributed by atoms with Crippen molar-refractivity contribution in [3.63, 3.8) is 0 Å². The number of nitrogens with zero attached hydrogens (tertiary/aromatic N) is 2. The second-order valence-electron chi connectivity index (χ2n) is 5.63. The number of ether oxygens (including phenoxy) is 2. The number of hydrogen-bond acceptors (Lipinski definition) is 6. The summed E-state index contributed by atoms with van der Waals surface area (Å²) in [6, 6.07) is 3.77. The van der Waals surface area contributed by atoms with E-state index in [1.54, 1.807) is 0 Å². The number of aromatic nitrogens is 2. The van der Waals surface area contributed by atoms with Crippen molar-refractivity contribution in [3.8, 4) is 5.75 Å². The van der Waals surface area contributed by atoms with E-state index in [0.29, 0.717) is 19.0 Å². The van der Waals surface area contributed by atoms with Gasteiger partial charge in [0, 0.05) is 12.7 Å². The summed E-state index contributed by atoms with van der Waals surface area (Å²) in [4.78, 5) is 30.4. The molecule has 9 heteroatoms. The van der Waals surface area contributed by atoms with Crippen molar-refractivity contribution >= 4 is 17.6 Å². The summed E-state index contributed by atoms with van der Waals surface area (Å²) >= 11 is 0. The molecule has 1 aliphatic heterocycles. The van der Waals surface area contributed by atoms with E-state index in [0.717, 1.165) is 31.3 Å². The molecule has 0 saturated carbocycles. The van der Waals surface area contributed by atoms with Crippen LogP contribution in [-0.2, 0) is 4.74 Å². The van der Waals surface area contributed by atoms with E-state index in [-0.39, 0.29) is 23.2 Å². The monoisotopic (exact) mass is 361 g/mol. The molecule has 1 aromatic heterocycles. The minimum absolute atomic E-state index is 0.0296. The number of hydrogen-bond donors (Lipinski definition) is 2. The first-order valence-corrected chi connectivity index (χ1v) is 7.93. The van der Waals surface area contributed by atoms with E-state index >= 15 is 0 Å². The maximum Gasteiger partial charge on any atom is 0.356 e. The van der Waals surface area contributed by atoms with Gasteiger partial charge in [-0.1, -0.05) is 0 Å². The average Bonchev–Trinajstić information content (AvgIpc) is 3.14. The zero-order chi connectivity index (χ0) is 18.5. The predicted molar refractivity (Wildman–Crippen MR) is 87.8 cm³/mol. The van der Waals surface area contributed by atoms with Crippen molar-refractivity contribution in [2.45, 2.75) is 18.9 Å². The van der Waals surface area contributed by atoms with E-state index < -0.39 is 17.7 Å². The Labute approximate surface area is 148 Å². The van der Waals surface area contributed by atoms with Gasteiger partial charge in [-0.2, -0.15) is 0 Å². The van der Waals surface area contributed by atoms with Crippen LogP contribution >= 0.6 is 0 Å². The molecule has 1 aromatic carbocycles. The van der Waals surface area contributed by atoms with Crippen molar-refractivity contribution in [3.05, 3.63) is 47.8 Å². The lowest BCUT2D eigenvalue weighted by atomic mass is 10.2. The molecule has 2 N–H and O–H groups in total. The number of rotatable bonds is 6. The van der Waals surface area contributed by atoms with Crippen molar-refractivity contribution in [2.75, 3.05) is 18.5 Å². The van der Waals surface area contributed by atoms with Gasteiger partial charge in [0.1, 0.15) is 23.9 Å². The Kier molecular flexibility index (Phi) is 5.37. The molecule has 0 spiro atoms. The Balaban J connectivity index is 1.71. The molecule has 2 aromatic rings. The zero-order valence-corrected chi connectivity index (χ0v) is 13.6. The number of carboxylic acid groups (broad SMARTS) is 1. The summed E-state index contributed by atoms with van der Waals surface area (Å²) < 4.78 is 24.7. The van der Waals surface area contributed by atoms with Crippen LogP contribution in [0.15, 0.2) is 30.6 Å². The summed E-state index contributed by atoms with van der Waals surface area (Å²) in [6.45, 7) is 0.980. The smallest absolute Gasteiger partial charge is 0.356 e. The summed E-state index contributed by atoms with van der Waals surface area (Å²) in [6.07, 6.45) is 3.82. The van der Waals surface area contributed by atoms with Gasteiger partial charge < -0.3 is 19.9 Å². The fourth-order valence-electron chi connectivity index (χ4n) is 2.43. The van der Waals surface area contributed by atoms with E-state index in [1.165, 1.54) is 12.1 Å². The van der Waals surface area contributed by atoms with Gasteiger partial charge in [0.2, 0.25) is 0 Å². The summed E-state index contributed by atoms with van der Waals surface area (Å²) in [5, 5.41) is 11.3. The van der Waals surface area contributed by atoms with Gasteiger partial charge in [-0.25, -0.2) is 19.2 Å². The van der Waals surface area contributed by atoms with Gasteiger partial charge in [-0.15, -0.1) is 0 Å². The van der Waals surface area contributed by atoms with Gasteiger partial charge >= 0.3 is 5.97 Å². The van der Waals surface area contributed by atoms with Crippen LogP contribution in [0.2, 0.25) is 0 Å². The number of benzene rings is 1. The van der Waals surface area contributed by atoms with Crippen LogP contribution in [0.5, 0.6) is 5.75 Å². The Bertz CT molecular complexity index is 807. The lowest BCUT2D eigenvalue weighted by molar-refractivity contribution is 0.0680. The molecule has 26 heavy (non-hydrogen) atoms. The third-order valence-electron chi connectivity index (χ3n) is 3.74. The van der Waals surface area contributed by atoms with E-state index in [9.17, 15) is 14.0 Å². The van der Waals surface area contributed by atoms with Crippen LogP contribution in [0.25, 0.3) is 0 Å². The number of amides is 1. The van der Waals surface area contributed by atoms with E-state index in [4.69, 9.17) is 14.6 Å². The van der Waals surface area contributed by atoms with E-state index in [1.807, 2.05) is 0 Å². The lowest BCUT2D eigenvalue weighted by Crippen LogP contribution is -2.19. The molecule has 0 radical (unpaired) electrons. The molecule has 8 nitrogen and oxygen atoms in total. The second kappa shape index (κ2) is 7.87. The number of nitrogens with one attached hydrogen (secondary N) is 1. The largest absolute Gasteiger partial charge is 0.489 e. The van der Waals surface area contributed by atoms with Gasteiger partial charge in [0.05, 0.1) is 24.2 Å². The third kappa shape index (κ3) is 4.31. The summed E-state index contributed by atoms with van der Waals surface area (Å²) in [5.41, 5.74) is -0.255. The first kappa shape index (κ1) is 17.7. The summed E-state index contributed by atoms with van der Waals surface area (Å²) in [7, 11) is 0. The van der Waals surface area contributed by atoms with Crippen LogP contribution < -0.4 is 10.1 Å². The molecule has 1 saturated heterocycles. The highest BCUT2D eigenvalue weighted by Gasteiger charge is 2.18. The molecule has 1 unspecified atom stereocenters. The number of anilines is 1. The highest BCUT2D eigenvalue weighted by Crippen LogP contribution is 2.27. The second-order valence-corrected chi connectivity index (χ2v) is 5.63. The number of aromatic carboxylic acids is 1. The maximum atomic E-state index is 13.6. The van der Waals surface area contributed by atoms with Gasteiger partial charge in [0.15, 0.2) is 5.69 Å². The Morgan fingerprint density at radius 2 is 2.08 bits per heavy atom. The van der Waals surface area contributed by atoms with Crippen LogP contribution in [0.1, 0.15) is 33.8 Å². The SMILES string of the molecule is O=C(O)c1cnc(C(=O)Nc2cc(F)ccc2OCC2CCCO2)cn1.